The number of halogens is 2. The van der Waals surface area contributed by atoms with Gasteiger partial charge in [-0.3, -0.25) is 0 Å². The normalized spacial score (nSPS) is 32.5. The van der Waals surface area contributed by atoms with E-state index in [1.165, 1.54) is 32.1 Å². The molecule has 0 aromatic heterocycles. The molecule has 0 spiro atoms. The van der Waals surface area contributed by atoms with Gasteiger partial charge < -0.3 is 12.4 Å². The van der Waals surface area contributed by atoms with Crippen LogP contribution in [0.15, 0.2) is 22.3 Å². The summed E-state index contributed by atoms with van der Waals surface area (Å²) < 4.78 is 0. The second-order valence-corrected chi connectivity index (χ2v) is 20.7. The first-order valence-electron chi connectivity index (χ1n) is 12.2. The summed E-state index contributed by atoms with van der Waals surface area (Å²) in [5, 5.41) is 0. The second-order valence-electron chi connectivity index (χ2n) is 13.9. The summed E-state index contributed by atoms with van der Waals surface area (Å²) in [6, 6.07) is 0. The maximum absolute atomic E-state index is 5.53. The van der Waals surface area contributed by atoms with Gasteiger partial charge in [0.15, 0.2) is 0 Å². The molecule has 4 aliphatic carbocycles. The number of nitrogens with zero attached hydrogens (tertiary/aromatic N) is 1. The maximum atomic E-state index is 5.53. The van der Waals surface area contributed by atoms with E-state index in [1.54, 1.807) is 0 Å². The standard InChI is InChI=1S/C26H44NSi.CH3.2ClH.Ti/c1-16-11-17-18-12-25(5,6)13-19(18)20-14-26(7,8)15-21(20)22(17)23(16)28(9,10)27-24(2,3)4;;;;/h16-17,22-23H,11-15H2,1-10H3;1H3;2*1H;/q2*-1;;;+2/p-2. The van der Waals surface area contributed by atoms with Crippen LogP contribution in [0, 0.1) is 36.0 Å². The third-order valence-electron chi connectivity index (χ3n) is 8.14. The third-order valence-corrected chi connectivity index (χ3v) is 11.9. The Hall–Kier alpha value is 0.951. The molecule has 4 aliphatic rings. The molecule has 4 unspecified atom stereocenters. The van der Waals surface area contributed by atoms with Gasteiger partial charge in [0.1, 0.15) is 0 Å². The molecular weight excluding hydrogens is 485 g/mol. The molecule has 0 amide bonds. The average Bonchev–Trinajstić information content (AvgIpc) is 3.15. The van der Waals surface area contributed by atoms with Gasteiger partial charge in [-0.25, -0.2) is 0 Å². The monoisotopic (exact) mass is 531 g/mol. The van der Waals surface area contributed by atoms with E-state index in [-0.39, 0.29) is 13.0 Å². The van der Waals surface area contributed by atoms with Gasteiger partial charge in [0.05, 0.1) is 0 Å². The molecule has 1 fully saturated rings. The molecule has 184 valence electrons. The van der Waals surface area contributed by atoms with E-state index in [0.717, 1.165) is 23.3 Å². The summed E-state index contributed by atoms with van der Waals surface area (Å²) in [5.41, 5.74) is 9.26. The molecule has 1 saturated carbocycles. The molecule has 32 heavy (non-hydrogen) atoms. The van der Waals surface area contributed by atoms with E-state index < -0.39 is 25.3 Å². The SMILES string of the molecule is CC1CC2C3=C(CC(C)(C)C3)C3=C(CC(C)(C)C3)C2C1[Si](C)(C)[N-]C(C)(C)C.[CH3-].[Cl][Ti][Cl]. The van der Waals surface area contributed by atoms with Gasteiger partial charge in [0.2, 0.25) is 0 Å². The van der Waals surface area contributed by atoms with Crippen LogP contribution < -0.4 is 0 Å². The summed E-state index contributed by atoms with van der Waals surface area (Å²) in [6.45, 7) is 24.7. The van der Waals surface area contributed by atoms with Crippen molar-refractivity contribution in [2.45, 2.75) is 112 Å². The fourth-order valence-electron chi connectivity index (χ4n) is 8.02. The van der Waals surface area contributed by atoms with E-state index in [0.29, 0.717) is 10.8 Å². The van der Waals surface area contributed by atoms with Crippen LogP contribution in [0.4, 0.5) is 0 Å². The van der Waals surface area contributed by atoms with Gasteiger partial charge in [-0.05, 0) is 71.8 Å². The van der Waals surface area contributed by atoms with Crippen molar-refractivity contribution in [1.29, 1.82) is 0 Å². The minimum absolute atomic E-state index is 0. The molecule has 1 nitrogen and oxygen atoms in total. The zero-order chi connectivity index (χ0) is 23.6. The molecule has 0 bridgehead atoms. The molecule has 0 heterocycles. The van der Waals surface area contributed by atoms with E-state index in [4.69, 9.17) is 23.6 Å². The number of hydrogen-bond acceptors (Lipinski definition) is 0. The first-order chi connectivity index (χ1) is 14.0. The predicted molar refractivity (Wildman–Crippen MR) is 143 cm³/mol. The first kappa shape index (κ1) is 29.2. The van der Waals surface area contributed by atoms with Crippen LogP contribution in [0.1, 0.15) is 87.5 Å². The van der Waals surface area contributed by atoms with Crippen LogP contribution in [0.2, 0.25) is 18.6 Å². The fourth-order valence-corrected chi connectivity index (χ4v) is 12.7. The van der Waals surface area contributed by atoms with Gasteiger partial charge >= 0.3 is 35.6 Å². The Morgan fingerprint density at radius 2 is 1.34 bits per heavy atom. The van der Waals surface area contributed by atoms with Crippen molar-refractivity contribution in [3.05, 3.63) is 34.7 Å². The Bertz CT molecular complexity index is 775. The molecule has 0 aromatic rings. The number of hydrogen-bond donors (Lipinski definition) is 0. The van der Waals surface area contributed by atoms with Crippen molar-refractivity contribution in [2.24, 2.45) is 28.6 Å². The average molecular weight is 533 g/mol. The Balaban J connectivity index is 0.000000860. The van der Waals surface area contributed by atoms with Crippen molar-refractivity contribution >= 4 is 26.8 Å². The molecule has 4 rings (SSSR count). The first-order valence-corrected chi connectivity index (χ1v) is 19.5. The Kier molecular flexibility index (Phi) is 8.92. The van der Waals surface area contributed by atoms with Crippen LogP contribution in [-0.2, 0) is 17.0 Å². The van der Waals surface area contributed by atoms with Gasteiger partial charge in [0.25, 0.3) is 0 Å². The Morgan fingerprint density at radius 3 is 1.81 bits per heavy atom. The molecule has 0 saturated heterocycles. The molecular formula is C27H47Cl2NSiTi-2. The number of fused-ring (bicyclic) bond motifs is 4. The van der Waals surface area contributed by atoms with E-state index in [9.17, 15) is 0 Å². The van der Waals surface area contributed by atoms with Gasteiger partial charge in [-0.2, -0.15) is 0 Å². The van der Waals surface area contributed by atoms with Crippen molar-refractivity contribution in [3.8, 4) is 0 Å². The van der Waals surface area contributed by atoms with Gasteiger partial charge in [0, 0.05) is 0 Å². The van der Waals surface area contributed by atoms with Crippen LogP contribution in [-0.4, -0.2) is 13.8 Å². The van der Waals surface area contributed by atoms with E-state index in [2.05, 4.69) is 68.5 Å². The van der Waals surface area contributed by atoms with Crippen LogP contribution in [0.3, 0.4) is 0 Å². The minimum atomic E-state index is -1.69. The van der Waals surface area contributed by atoms with Crippen molar-refractivity contribution in [1.82, 2.24) is 0 Å². The Morgan fingerprint density at radius 1 is 0.906 bits per heavy atom. The van der Waals surface area contributed by atoms with Crippen LogP contribution in [0.5, 0.6) is 0 Å². The van der Waals surface area contributed by atoms with Crippen molar-refractivity contribution in [3.63, 3.8) is 0 Å². The van der Waals surface area contributed by atoms with E-state index in [1.807, 2.05) is 22.3 Å². The molecule has 0 aromatic carbocycles. The molecule has 0 radical (unpaired) electrons. The summed E-state index contributed by atoms with van der Waals surface area (Å²) >= 11 is -0.556. The fraction of sp³-hybridized carbons (Fsp3) is 0.815. The van der Waals surface area contributed by atoms with Gasteiger partial charge in [-0.1, -0.05) is 93.4 Å². The summed E-state index contributed by atoms with van der Waals surface area (Å²) in [4.78, 5) is 5.53. The number of rotatable bonds is 2. The second kappa shape index (κ2) is 9.78. The molecule has 5 heteroatoms. The quantitative estimate of drug-likeness (QED) is 0.248. The summed E-state index contributed by atoms with van der Waals surface area (Å²) in [6.07, 6.45) is 6.74. The third kappa shape index (κ3) is 5.84. The predicted octanol–water partition coefficient (Wildman–Crippen LogP) is 10.1. The van der Waals surface area contributed by atoms with Crippen LogP contribution in [0.25, 0.3) is 4.98 Å². The number of allylic oxidation sites excluding steroid dienone is 4. The van der Waals surface area contributed by atoms with Gasteiger partial charge in [-0.15, -0.1) is 5.54 Å². The molecule has 0 aliphatic heterocycles. The van der Waals surface area contributed by atoms with Crippen molar-refractivity contribution < 1.29 is 17.0 Å². The molecule has 0 N–H and O–H groups in total. The van der Waals surface area contributed by atoms with E-state index >= 15 is 0 Å². The summed E-state index contributed by atoms with van der Waals surface area (Å²) in [5.74, 6) is 2.44. The van der Waals surface area contributed by atoms with Crippen LogP contribution >= 0.6 is 18.6 Å². The zero-order valence-corrected chi connectivity index (χ0v) is 26.6. The zero-order valence-electron chi connectivity index (χ0n) is 22.5. The van der Waals surface area contributed by atoms with Crippen molar-refractivity contribution in [2.75, 3.05) is 0 Å². The molecule has 4 atom stereocenters. The Labute approximate surface area is 217 Å². The summed E-state index contributed by atoms with van der Waals surface area (Å²) in [7, 11) is 8.08. The topological polar surface area (TPSA) is 14.1 Å².